The molecule has 29 heavy (non-hydrogen) atoms. The van der Waals surface area contributed by atoms with Crippen LogP contribution in [0.25, 0.3) is 0 Å². The topological polar surface area (TPSA) is 74.8 Å². The second kappa shape index (κ2) is 8.05. The fraction of sp³-hybridized carbons (Fsp3) is 0.227. The molecule has 2 aromatic carbocycles. The normalized spacial score (nSPS) is 15.7. The Morgan fingerprint density at radius 1 is 1.17 bits per heavy atom. The predicted octanol–water partition coefficient (Wildman–Crippen LogP) is 4.81. The number of aryl methyl sites for hydroxylation is 2. The van der Waals surface area contributed by atoms with Crippen LogP contribution in [0.2, 0.25) is 5.02 Å². The van der Waals surface area contributed by atoms with Crippen LogP contribution in [0, 0.1) is 13.8 Å². The summed E-state index contributed by atoms with van der Waals surface area (Å²) >= 11 is 7.58. The second-order valence-corrected chi connectivity index (χ2v) is 8.55. The van der Waals surface area contributed by atoms with Gasteiger partial charge < -0.3 is 10.3 Å². The quantitative estimate of drug-likeness (QED) is 0.464. The number of anilines is 1. The lowest BCUT2D eigenvalue weighted by atomic mass is 9.84. The van der Waals surface area contributed by atoms with Crippen molar-refractivity contribution in [3.05, 3.63) is 85.7 Å². The van der Waals surface area contributed by atoms with Crippen molar-refractivity contribution in [1.29, 1.82) is 0 Å². The van der Waals surface area contributed by atoms with E-state index in [1.54, 1.807) is 0 Å². The molecule has 1 amide bonds. The van der Waals surface area contributed by atoms with E-state index < -0.39 is 0 Å². The summed E-state index contributed by atoms with van der Waals surface area (Å²) in [5, 5.41) is 3.90. The highest BCUT2D eigenvalue weighted by atomic mass is 35.5. The lowest BCUT2D eigenvalue weighted by Crippen LogP contribution is -2.31. The highest BCUT2D eigenvalue weighted by Gasteiger charge is 2.31. The summed E-state index contributed by atoms with van der Waals surface area (Å²) < 4.78 is 0. The molecule has 4 rings (SSSR count). The number of aromatic nitrogens is 2. The molecule has 1 aliphatic heterocycles. The molecule has 1 aromatic heterocycles. The van der Waals surface area contributed by atoms with E-state index in [2.05, 4.69) is 21.4 Å². The Balaban J connectivity index is 1.69. The maximum absolute atomic E-state index is 12.9. The van der Waals surface area contributed by atoms with Crippen molar-refractivity contribution in [3.8, 4) is 0 Å². The van der Waals surface area contributed by atoms with E-state index in [1.807, 2.05) is 50.2 Å². The molecule has 5 nitrogen and oxygen atoms in total. The van der Waals surface area contributed by atoms with Crippen molar-refractivity contribution >= 4 is 35.1 Å². The molecule has 2 heterocycles. The van der Waals surface area contributed by atoms with E-state index in [9.17, 15) is 9.59 Å². The number of carbonyl (C=O) groups is 1. The first kappa shape index (κ1) is 19.7. The summed E-state index contributed by atoms with van der Waals surface area (Å²) in [4.78, 5) is 32.7. The molecule has 0 aliphatic carbocycles. The largest absolute Gasteiger partial charge is 0.310 e. The molecule has 1 unspecified atom stereocenters. The number of H-pyrrole nitrogens is 1. The minimum Gasteiger partial charge on any atom is -0.310 e. The number of aromatic amines is 1. The van der Waals surface area contributed by atoms with Crippen LogP contribution >= 0.6 is 23.4 Å². The lowest BCUT2D eigenvalue weighted by molar-refractivity contribution is -0.116. The first-order valence-electron chi connectivity index (χ1n) is 9.30. The van der Waals surface area contributed by atoms with Crippen molar-refractivity contribution in [3.63, 3.8) is 0 Å². The summed E-state index contributed by atoms with van der Waals surface area (Å²) in [6, 6.07) is 13.6. The molecule has 1 atom stereocenters. The van der Waals surface area contributed by atoms with E-state index in [0.29, 0.717) is 27.3 Å². The number of amides is 1. The summed E-state index contributed by atoms with van der Waals surface area (Å²) in [6.45, 7) is 4.03. The van der Waals surface area contributed by atoms with Gasteiger partial charge in [0.05, 0.1) is 5.56 Å². The first-order valence-corrected chi connectivity index (χ1v) is 10.7. The van der Waals surface area contributed by atoms with Crippen LogP contribution in [0.4, 0.5) is 5.82 Å². The molecule has 0 saturated heterocycles. The Bertz CT molecular complexity index is 1160. The summed E-state index contributed by atoms with van der Waals surface area (Å²) in [5.74, 6) is 0.466. The van der Waals surface area contributed by atoms with Gasteiger partial charge in [-0.05, 0) is 36.6 Å². The van der Waals surface area contributed by atoms with Crippen LogP contribution in [0.3, 0.4) is 0 Å². The summed E-state index contributed by atoms with van der Waals surface area (Å²) in [7, 11) is 0. The number of hydrogen-bond acceptors (Lipinski definition) is 4. The zero-order valence-electron chi connectivity index (χ0n) is 16.1. The smallest absolute Gasteiger partial charge is 0.257 e. The van der Waals surface area contributed by atoms with Gasteiger partial charge >= 0.3 is 0 Å². The summed E-state index contributed by atoms with van der Waals surface area (Å²) in [6.07, 6.45) is 0.230. The number of hydrogen-bond donors (Lipinski definition) is 2. The number of nitrogens with one attached hydrogen (secondary N) is 2. The average Bonchev–Trinajstić information content (AvgIpc) is 2.66. The molecular formula is C22H20ClN3O2S. The predicted molar refractivity (Wildman–Crippen MR) is 117 cm³/mol. The Morgan fingerprint density at radius 3 is 2.72 bits per heavy atom. The highest BCUT2D eigenvalue weighted by Crippen LogP contribution is 2.36. The van der Waals surface area contributed by atoms with Gasteiger partial charge in [0.15, 0.2) is 5.16 Å². The van der Waals surface area contributed by atoms with E-state index in [4.69, 9.17) is 11.6 Å². The minimum atomic E-state index is -0.307. The number of halogens is 1. The number of rotatable bonds is 4. The van der Waals surface area contributed by atoms with Crippen LogP contribution in [0.1, 0.15) is 40.2 Å². The van der Waals surface area contributed by atoms with Gasteiger partial charge in [0.1, 0.15) is 5.82 Å². The van der Waals surface area contributed by atoms with Crippen molar-refractivity contribution in [2.45, 2.75) is 37.1 Å². The zero-order valence-corrected chi connectivity index (χ0v) is 17.7. The fourth-order valence-electron chi connectivity index (χ4n) is 3.66. The van der Waals surface area contributed by atoms with Crippen LogP contribution in [-0.2, 0) is 10.5 Å². The molecule has 2 N–H and O–H groups in total. The first-order chi connectivity index (χ1) is 13.9. The molecule has 1 aliphatic rings. The number of fused-ring (bicyclic) bond motifs is 1. The maximum Gasteiger partial charge on any atom is 0.257 e. The van der Waals surface area contributed by atoms with Crippen LogP contribution < -0.4 is 10.9 Å². The second-order valence-electron chi connectivity index (χ2n) is 7.18. The Kier molecular flexibility index (Phi) is 5.48. The van der Waals surface area contributed by atoms with E-state index in [0.717, 1.165) is 22.3 Å². The lowest BCUT2D eigenvalue weighted by Gasteiger charge is -2.25. The van der Waals surface area contributed by atoms with Crippen LogP contribution in [0.15, 0.2) is 52.4 Å². The zero-order chi connectivity index (χ0) is 20.5. The molecule has 3 aromatic rings. The Labute approximate surface area is 177 Å². The summed E-state index contributed by atoms with van der Waals surface area (Å²) in [5.41, 5.74) is 4.43. The number of carbonyl (C=O) groups excluding carboxylic acids is 1. The number of thioether (sulfide) groups is 1. The van der Waals surface area contributed by atoms with E-state index >= 15 is 0 Å². The van der Waals surface area contributed by atoms with Gasteiger partial charge in [-0.2, -0.15) is 0 Å². The molecular weight excluding hydrogens is 406 g/mol. The Morgan fingerprint density at radius 2 is 1.97 bits per heavy atom. The van der Waals surface area contributed by atoms with E-state index in [1.165, 1.54) is 11.8 Å². The fourth-order valence-corrected chi connectivity index (χ4v) is 4.81. The monoisotopic (exact) mass is 425 g/mol. The van der Waals surface area contributed by atoms with E-state index in [-0.39, 0.29) is 23.8 Å². The van der Waals surface area contributed by atoms with Gasteiger partial charge in [0.25, 0.3) is 5.56 Å². The van der Waals surface area contributed by atoms with Crippen molar-refractivity contribution < 1.29 is 4.79 Å². The number of nitrogens with zero attached hydrogens (tertiary/aromatic N) is 1. The maximum atomic E-state index is 12.9. The third-order valence-electron chi connectivity index (χ3n) is 5.05. The van der Waals surface area contributed by atoms with Crippen molar-refractivity contribution in [2.24, 2.45) is 0 Å². The SMILES string of the molecule is Cc1ccc(C2CC(=O)Nc3nc(SCc4ccccc4Cl)[nH]c(=O)c32)c(C)c1. The van der Waals surface area contributed by atoms with Gasteiger partial charge in [0.2, 0.25) is 5.91 Å². The molecule has 7 heteroatoms. The van der Waals surface area contributed by atoms with Gasteiger partial charge in [-0.25, -0.2) is 4.98 Å². The molecule has 0 bridgehead atoms. The van der Waals surface area contributed by atoms with Gasteiger partial charge in [-0.3, -0.25) is 9.59 Å². The average molecular weight is 426 g/mol. The minimum absolute atomic E-state index is 0.136. The molecule has 0 radical (unpaired) electrons. The van der Waals surface area contributed by atoms with Crippen molar-refractivity contribution in [2.75, 3.05) is 5.32 Å². The third kappa shape index (κ3) is 4.09. The number of benzene rings is 2. The molecule has 0 spiro atoms. The molecule has 148 valence electrons. The van der Waals surface area contributed by atoms with Gasteiger partial charge in [0, 0.05) is 23.1 Å². The third-order valence-corrected chi connectivity index (χ3v) is 6.34. The highest BCUT2D eigenvalue weighted by molar-refractivity contribution is 7.98. The standard InChI is InChI=1S/C22H20ClN3O2S/c1-12-7-8-15(13(2)9-12)16-10-18(27)24-20-19(16)21(28)26-22(25-20)29-11-14-5-3-4-6-17(14)23/h3-9,16H,10-11H2,1-2H3,(H2,24,25,26,27,28). The molecule has 0 saturated carbocycles. The van der Waals surface area contributed by atoms with Gasteiger partial charge in [-0.1, -0.05) is 65.3 Å². The van der Waals surface area contributed by atoms with Crippen molar-refractivity contribution in [1.82, 2.24) is 9.97 Å². The molecule has 0 fully saturated rings. The Hall–Kier alpha value is -2.57. The van der Waals surface area contributed by atoms with Crippen LogP contribution in [-0.4, -0.2) is 15.9 Å². The van der Waals surface area contributed by atoms with Gasteiger partial charge in [-0.15, -0.1) is 0 Å². The van der Waals surface area contributed by atoms with Crippen LogP contribution in [0.5, 0.6) is 0 Å².